The molecule has 0 aliphatic heterocycles. The molecule has 0 saturated heterocycles. The molecule has 98 valence electrons. The van der Waals surface area contributed by atoms with Gasteiger partial charge in [0.15, 0.2) is 0 Å². The van der Waals surface area contributed by atoms with Gasteiger partial charge < -0.3 is 5.32 Å². The van der Waals surface area contributed by atoms with Crippen LogP contribution in [-0.4, -0.2) is 10.9 Å². The van der Waals surface area contributed by atoms with Crippen LogP contribution in [-0.2, 0) is 0 Å². The smallest absolute Gasteiger partial charge is 0.258 e. The SMILES string of the molecule is Cc1cc(Cl)ncc1NC(=O)c1ccc(Br)cc1F. The van der Waals surface area contributed by atoms with Gasteiger partial charge >= 0.3 is 0 Å². The maximum Gasteiger partial charge on any atom is 0.258 e. The summed E-state index contributed by atoms with van der Waals surface area (Å²) in [6.07, 6.45) is 1.44. The molecule has 19 heavy (non-hydrogen) atoms. The minimum Gasteiger partial charge on any atom is -0.320 e. The highest BCUT2D eigenvalue weighted by molar-refractivity contribution is 9.10. The maximum atomic E-state index is 13.6. The van der Waals surface area contributed by atoms with Crippen LogP contribution in [0.2, 0.25) is 5.15 Å². The molecule has 0 aliphatic rings. The number of carbonyl (C=O) groups excluding carboxylic acids is 1. The summed E-state index contributed by atoms with van der Waals surface area (Å²) in [7, 11) is 0. The van der Waals surface area contributed by atoms with Crippen LogP contribution in [0.5, 0.6) is 0 Å². The molecule has 0 atom stereocenters. The first-order valence-corrected chi connectivity index (χ1v) is 6.53. The highest BCUT2D eigenvalue weighted by atomic mass is 79.9. The first-order chi connectivity index (χ1) is 8.97. The number of halogens is 3. The number of benzene rings is 1. The van der Waals surface area contributed by atoms with Crippen molar-refractivity contribution in [3.8, 4) is 0 Å². The Morgan fingerprint density at radius 3 is 2.79 bits per heavy atom. The van der Waals surface area contributed by atoms with Crippen molar-refractivity contribution in [2.24, 2.45) is 0 Å². The Labute approximate surface area is 122 Å². The molecule has 1 N–H and O–H groups in total. The summed E-state index contributed by atoms with van der Waals surface area (Å²) in [6.45, 7) is 1.78. The van der Waals surface area contributed by atoms with E-state index in [9.17, 15) is 9.18 Å². The summed E-state index contributed by atoms with van der Waals surface area (Å²) < 4.78 is 14.2. The van der Waals surface area contributed by atoms with Gasteiger partial charge in [-0.2, -0.15) is 0 Å². The van der Waals surface area contributed by atoms with Crippen LogP contribution >= 0.6 is 27.5 Å². The minimum atomic E-state index is -0.591. The number of carbonyl (C=O) groups is 1. The number of hydrogen-bond acceptors (Lipinski definition) is 2. The van der Waals surface area contributed by atoms with Crippen LogP contribution in [0, 0.1) is 12.7 Å². The second kappa shape index (κ2) is 5.67. The average molecular weight is 344 g/mol. The molecule has 0 radical (unpaired) electrons. The van der Waals surface area contributed by atoms with Crippen molar-refractivity contribution in [2.45, 2.75) is 6.92 Å². The normalized spacial score (nSPS) is 10.3. The number of pyridine rings is 1. The Balaban J connectivity index is 2.25. The van der Waals surface area contributed by atoms with E-state index in [2.05, 4.69) is 26.2 Å². The monoisotopic (exact) mass is 342 g/mol. The number of hydrogen-bond donors (Lipinski definition) is 1. The molecule has 0 fully saturated rings. The maximum absolute atomic E-state index is 13.6. The fraction of sp³-hybridized carbons (Fsp3) is 0.0769. The number of aryl methyl sites for hydroxylation is 1. The summed E-state index contributed by atoms with van der Waals surface area (Å²) in [5, 5.41) is 2.94. The first kappa shape index (κ1) is 14.0. The predicted molar refractivity (Wildman–Crippen MR) is 76.0 cm³/mol. The van der Waals surface area contributed by atoms with Gasteiger partial charge in [0.05, 0.1) is 17.4 Å². The van der Waals surface area contributed by atoms with Gasteiger partial charge in [-0.1, -0.05) is 27.5 Å². The van der Waals surface area contributed by atoms with Crippen molar-refractivity contribution >= 4 is 39.1 Å². The fourth-order valence-electron chi connectivity index (χ4n) is 1.52. The van der Waals surface area contributed by atoms with E-state index < -0.39 is 11.7 Å². The van der Waals surface area contributed by atoms with Gasteiger partial charge in [-0.25, -0.2) is 9.37 Å². The molecule has 1 amide bonds. The zero-order chi connectivity index (χ0) is 14.0. The van der Waals surface area contributed by atoms with Crippen LogP contribution in [0.4, 0.5) is 10.1 Å². The van der Waals surface area contributed by atoms with Crippen molar-refractivity contribution < 1.29 is 9.18 Å². The molecular weight excluding hydrogens is 335 g/mol. The molecule has 2 rings (SSSR count). The molecule has 0 spiro atoms. The lowest BCUT2D eigenvalue weighted by Gasteiger charge is -2.08. The summed E-state index contributed by atoms with van der Waals surface area (Å²) in [5.41, 5.74) is 1.22. The van der Waals surface area contributed by atoms with Crippen LogP contribution in [0.1, 0.15) is 15.9 Å². The molecule has 0 saturated carbocycles. The molecule has 1 aromatic heterocycles. The quantitative estimate of drug-likeness (QED) is 0.831. The number of nitrogens with zero attached hydrogens (tertiary/aromatic N) is 1. The van der Waals surface area contributed by atoms with E-state index in [0.717, 1.165) is 5.56 Å². The van der Waals surface area contributed by atoms with E-state index in [0.29, 0.717) is 15.3 Å². The number of amides is 1. The molecule has 2 aromatic rings. The third-order valence-corrected chi connectivity index (χ3v) is 3.20. The van der Waals surface area contributed by atoms with Crippen molar-refractivity contribution in [3.63, 3.8) is 0 Å². The Morgan fingerprint density at radius 2 is 2.16 bits per heavy atom. The molecule has 3 nitrogen and oxygen atoms in total. The summed E-state index contributed by atoms with van der Waals surface area (Å²) >= 11 is 8.86. The first-order valence-electron chi connectivity index (χ1n) is 5.36. The summed E-state index contributed by atoms with van der Waals surface area (Å²) in [5.74, 6) is -1.12. The average Bonchev–Trinajstić information content (AvgIpc) is 2.32. The van der Waals surface area contributed by atoms with Crippen LogP contribution in [0.15, 0.2) is 34.9 Å². The largest absolute Gasteiger partial charge is 0.320 e. The van der Waals surface area contributed by atoms with Gasteiger partial charge in [0, 0.05) is 4.47 Å². The molecule has 1 aromatic carbocycles. The van der Waals surface area contributed by atoms with E-state index in [-0.39, 0.29) is 5.56 Å². The molecular formula is C13H9BrClFN2O. The molecule has 0 aliphatic carbocycles. The topological polar surface area (TPSA) is 42.0 Å². The van der Waals surface area contributed by atoms with Crippen molar-refractivity contribution in [1.82, 2.24) is 4.98 Å². The Kier molecular flexibility index (Phi) is 4.17. The molecule has 6 heteroatoms. The summed E-state index contributed by atoms with van der Waals surface area (Å²) in [6, 6.07) is 5.87. The second-order valence-corrected chi connectivity index (χ2v) is 5.20. The van der Waals surface area contributed by atoms with E-state index in [1.54, 1.807) is 19.1 Å². The van der Waals surface area contributed by atoms with E-state index in [4.69, 9.17) is 11.6 Å². The molecule has 1 heterocycles. The van der Waals surface area contributed by atoms with E-state index in [1.807, 2.05) is 0 Å². The summed E-state index contributed by atoms with van der Waals surface area (Å²) in [4.78, 5) is 15.8. The third-order valence-electron chi connectivity index (χ3n) is 2.50. The van der Waals surface area contributed by atoms with Crippen LogP contribution in [0.25, 0.3) is 0 Å². The standard InChI is InChI=1S/C13H9BrClFN2O/c1-7-4-12(15)17-6-11(7)18-13(19)9-3-2-8(14)5-10(9)16/h2-6H,1H3,(H,18,19). The van der Waals surface area contributed by atoms with Gasteiger partial charge in [0.25, 0.3) is 5.91 Å². The van der Waals surface area contributed by atoms with Crippen LogP contribution < -0.4 is 5.32 Å². The number of aromatic nitrogens is 1. The second-order valence-electron chi connectivity index (χ2n) is 3.90. The van der Waals surface area contributed by atoms with Gasteiger partial charge in [-0.15, -0.1) is 0 Å². The lowest BCUT2D eigenvalue weighted by Crippen LogP contribution is -2.14. The Bertz CT molecular complexity index is 649. The fourth-order valence-corrected chi connectivity index (χ4v) is 2.06. The third kappa shape index (κ3) is 3.30. The number of nitrogens with one attached hydrogen (secondary N) is 1. The highest BCUT2D eigenvalue weighted by Crippen LogP contribution is 2.20. The van der Waals surface area contributed by atoms with E-state index in [1.165, 1.54) is 18.3 Å². The van der Waals surface area contributed by atoms with Gasteiger partial charge in [-0.05, 0) is 36.8 Å². The lowest BCUT2D eigenvalue weighted by molar-refractivity contribution is 0.102. The lowest BCUT2D eigenvalue weighted by atomic mass is 10.2. The van der Waals surface area contributed by atoms with Crippen molar-refractivity contribution in [3.05, 3.63) is 57.0 Å². The number of rotatable bonds is 2. The molecule has 0 bridgehead atoms. The Hall–Kier alpha value is -1.46. The van der Waals surface area contributed by atoms with Crippen molar-refractivity contribution in [1.29, 1.82) is 0 Å². The van der Waals surface area contributed by atoms with Crippen molar-refractivity contribution in [2.75, 3.05) is 5.32 Å². The Morgan fingerprint density at radius 1 is 1.42 bits per heavy atom. The predicted octanol–water partition coefficient (Wildman–Crippen LogP) is 4.20. The van der Waals surface area contributed by atoms with E-state index >= 15 is 0 Å². The van der Waals surface area contributed by atoms with Crippen LogP contribution in [0.3, 0.4) is 0 Å². The highest BCUT2D eigenvalue weighted by Gasteiger charge is 2.13. The zero-order valence-electron chi connectivity index (χ0n) is 9.88. The number of anilines is 1. The molecule has 0 unspecified atom stereocenters. The van der Waals surface area contributed by atoms with Gasteiger partial charge in [-0.3, -0.25) is 4.79 Å². The van der Waals surface area contributed by atoms with Gasteiger partial charge in [0.2, 0.25) is 0 Å². The minimum absolute atomic E-state index is 0.0300. The van der Waals surface area contributed by atoms with Gasteiger partial charge in [0.1, 0.15) is 11.0 Å². The zero-order valence-corrected chi connectivity index (χ0v) is 12.2.